The van der Waals surface area contributed by atoms with E-state index in [2.05, 4.69) is 19.1 Å². The maximum absolute atomic E-state index is 9.89. The van der Waals surface area contributed by atoms with Crippen LogP contribution in [0, 0.1) is 0 Å². The van der Waals surface area contributed by atoms with E-state index in [9.17, 15) is 15.3 Å². The molecule has 0 aromatic carbocycles. The van der Waals surface area contributed by atoms with Gasteiger partial charge in [-0.2, -0.15) is 0 Å². The first kappa shape index (κ1) is 21.6. The van der Waals surface area contributed by atoms with Gasteiger partial charge in [0.05, 0.1) is 13.2 Å². The standard InChI is InChI=1S/C19H36O5/c1-2-3-4-5-6-7-8-9-10-11-12-13-23-14-17(21)19-18(22)16(20)15-24-19/h6-7,16-22H,2-5,8-15H2,1H3/b7-6+/t16-,17+,18-,19-/m1/s1. The normalized spacial score (nSPS) is 25.6. The number of rotatable bonds is 14. The van der Waals surface area contributed by atoms with E-state index >= 15 is 0 Å². The fourth-order valence-corrected chi connectivity index (χ4v) is 2.83. The van der Waals surface area contributed by atoms with Crippen LogP contribution in [0.4, 0.5) is 0 Å². The molecule has 3 N–H and O–H groups in total. The summed E-state index contributed by atoms with van der Waals surface area (Å²) >= 11 is 0. The quantitative estimate of drug-likeness (QED) is 0.333. The van der Waals surface area contributed by atoms with Crippen LogP contribution in [-0.4, -0.2) is 59.6 Å². The molecule has 0 amide bonds. The summed E-state index contributed by atoms with van der Waals surface area (Å²) < 4.78 is 10.6. The minimum atomic E-state index is -1.03. The molecule has 0 aromatic rings. The van der Waals surface area contributed by atoms with Gasteiger partial charge in [-0.1, -0.05) is 44.8 Å². The zero-order valence-corrected chi connectivity index (χ0v) is 15.1. The lowest BCUT2D eigenvalue weighted by Gasteiger charge is -2.20. The van der Waals surface area contributed by atoms with Gasteiger partial charge in [0.1, 0.15) is 24.4 Å². The van der Waals surface area contributed by atoms with Crippen LogP contribution in [0.25, 0.3) is 0 Å². The topological polar surface area (TPSA) is 79.2 Å². The highest BCUT2D eigenvalue weighted by molar-refractivity contribution is 4.87. The van der Waals surface area contributed by atoms with Crippen molar-refractivity contribution in [2.45, 2.75) is 89.1 Å². The summed E-state index contributed by atoms with van der Waals surface area (Å²) in [4.78, 5) is 0. The molecule has 0 unspecified atom stereocenters. The summed E-state index contributed by atoms with van der Waals surface area (Å²) in [5.74, 6) is 0. The number of allylic oxidation sites excluding steroid dienone is 2. The zero-order chi connectivity index (χ0) is 17.6. The van der Waals surface area contributed by atoms with Crippen LogP contribution >= 0.6 is 0 Å². The van der Waals surface area contributed by atoms with E-state index in [4.69, 9.17) is 9.47 Å². The second kappa shape index (κ2) is 13.8. The highest BCUT2D eigenvalue weighted by Gasteiger charge is 2.39. The predicted molar refractivity (Wildman–Crippen MR) is 94.9 cm³/mol. The van der Waals surface area contributed by atoms with E-state index in [1.54, 1.807) is 0 Å². The average Bonchev–Trinajstić information content (AvgIpc) is 2.91. The maximum Gasteiger partial charge on any atom is 0.114 e. The first-order chi connectivity index (χ1) is 11.7. The minimum Gasteiger partial charge on any atom is -0.388 e. The summed E-state index contributed by atoms with van der Waals surface area (Å²) in [6.07, 6.45) is 11.8. The molecule has 1 aliphatic heterocycles. The predicted octanol–water partition coefficient (Wildman–Crippen LogP) is 2.57. The lowest BCUT2D eigenvalue weighted by molar-refractivity contribution is -0.0813. The van der Waals surface area contributed by atoms with Gasteiger partial charge in [0.15, 0.2) is 0 Å². The van der Waals surface area contributed by atoms with E-state index in [-0.39, 0.29) is 13.2 Å². The number of ether oxygens (including phenoxy) is 2. The Kier molecular flexibility index (Phi) is 12.4. The molecule has 1 saturated heterocycles. The van der Waals surface area contributed by atoms with E-state index in [1.807, 2.05) is 0 Å². The van der Waals surface area contributed by atoms with Gasteiger partial charge < -0.3 is 24.8 Å². The van der Waals surface area contributed by atoms with Gasteiger partial charge >= 0.3 is 0 Å². The smallest absolute Gasteiger partial charge is 0.114 e. The van der Waals surface area contributed by atoms with E-state index < -0.39 is 24.4 Å². The largest absolute Gasteiger partial charge is 0.388 e. The molecule has 142 valence electrons. The van der Waals surface area contributed by atoms with E-state index in [1.165, 1.54) is 38.5 Å². The van der Waals surface area contributed by atoms with Gasteiger partial charge in [-0.25, -0.2) is 0 Å². The average molecular weight is 344 g/mol. The van der Waals surface area contributed by atoms with Crippen LogP contribution in [0.15, 0.2) is 12.2 Å². The van der Waals surface area contributed by atoms with Crippen molar-refractivity contribution in [2.75, 3.05) is 19.8 Å². The molecule has 1 aliphatic rings. The molecule has 24 heavy (non-hydrogen) atoms. The summed E-state index contributed by atoms with van der Waals surface area (Å²) in [5.41, 5.74) is 0. The third-order valence-corrected chi connectivity index (χ3v) is 4.41. The first-order valence-electron chi connectivity index (χ1n) is 9.55. The van der Waals surface area contributed by atoms with Gasteiger partial charge in [-0.15, -0.1) is 0 Å². The summed E-state index contributed by atoms with van der Waals surface area (Å²) in [6.45, 7) is 3.03. The van der Waals surface area contributed by atoms with Gasteiger partial charge in [0, 0.05) is 6.61 Å². The molecule has 0 radical (unpaired) electrons. The Hall–Kier alpha value is -0.460. The van der Waals surface area contributed by atoms with Gasteiger partial charge in [-0.3, -0.25) is 0 Å². The Morgan fingerprint density at radius 3 is 2.33 bits per heavy atom. The molecule has 0 aromatic heterocycles. The molecular formula is C19H36O5. The second-order valence-electron chi connectivity index (χ2n) is 6.67. The second-order valence-corrected chi connectivity index (χ2v) is 6.67. The van der Waals surface area contributed by atoms with Crippen LogP contribution in [0.5, 0.6) is 0 Å². The number of aliphatic hydroxyl groups excluding tert-OH is 3. The van der Waals surface area contributed by atoms with Crippen LogP contribution in [0.2, 0.25) is 0 Å². The molecule has 1 heterocycles. The molecule has 0 aliphatic carbocycles. The van der Waals surface area contributed by atoms with Crippen molar-refractivity contribution in [3.8, 4) is 0 Å². The number of hydrogen-bond donors (Lipinski definition) is 3. The molecular weight excluding hydrogens is 308 g/mol. The van der Waals surface area contributed by atoms with Crippen LogP contribution in [0.1, 0.15) is 64.7 Å². The number of unbranched alkanes of at least 4 members (excludes halogenated alkanes) is 7. The fourth-order valence-electron chi connectivity index (χ4n) is 2.83. The maximum atomic E-state index is 9.89. The molecule has 4 atom stereocenters. The van der Waals surface area contributed by atoms with Crippen molar-refractivity contribution in [3.05, 3.63) is 12.2 Å². The minimum absolute atomic E-state index is 0.0654. The van der Waals surface area contributed by atoms with Crippen molar-refractivity contribution in [1.82, 2.24) is 0 Å². The van der Waals surface area contributed by atoms with Crippen molar-refractivity contribution in [3.63, 3.8) is 0 Å². The van der Waals surface area contributed by atoms with Gasteiger partial charge in [-0.05, 0) is 32.1 Å². The van der Waals surface area contributed by atoms with Crippen LogP contribution in [-0.2, 0) is 9.47 Å². The van der Waals surface area contributed by atoms with Crippen LogP contribution < -0.4 is 0 Å². The SMILES string of the molecule is CCCCC/C=C/CCCCCCOC[C@H](O)[C@H]1OC[C@@H](O)[C@H]1O. The summed E-state index contributed by atoms with van der Waals surface area (Å²) in [6, 6.07) is 0. The first-order valence-corrected chi connectivity index (χ1v) is 9.55. The Balaban J connectivity index is 1.87. The van der Waals surface area contributed by atoms with Crippen molar-refractivity contribution >= 4 is 0 Å². The monoisotopic (exact) mass is 344 g/mol. The van der Waals surface area contributed by atoms with Crippen molar-refractivity contribution in [1.29, 1.82) is 0 Å². The summed E-state index contributed by atoms with van der Waals surface area (Å²) in [5, 5.41) is 28.9. The van der Waals surface area contributed by atoms with Crippen molar-refractivity contribution in [2.24, 2.45) is 0 Å². The Morgan fingerprint density at radius 1 is 1.04 bits per heavy atom. The Bertz CT molecular complexity index is 321. The molecule has 0 spiro atoms. The highest BCUT2D eigenvalue weighted by atomic mass is 16.5. The van der Waals surface area contributed by atoms with Gasteiger partial charge in [0.2, 0.25) is 0 Å². The lowest BCUT2D eigenvalue weighted by atomic mass is 10.1. The third kappa shape index (κ3) is 9.14. The number of hydrogen-bond acceptors (Lipinski definition) is 5. The Labute approximate surface area is 146 Å². The molecule has 5 nitrogen and oxygen atoms in total. The molecule has 5 heteroatoms. The fraction of sp³-hybridized carbons (Fsp3) is 0.895. The van der Waals surface area contributed by atoms with E-state index in [0.29, 0.717) is 6.61 Å². The van der Waals surface area contributed by atoms with Crippen LogP contribution in [0.3, 0.4) is 0 Å². The third-order valence-electron chi connectivity index (χ3n) is 4.41. The number of aliphatic hydroxyl groups is 3. The van der Waals surface area contributed by atoms with E-state index in [0.717, 1.165) is 19.3 Å². The van der Waals surface area contributed by atoms with Gasteiger partial charge in [0.25, 0.3) is 0 Å². The molecule has 0 bridgehead atoms. The lowest BCUT2D eigenvalue weighted by Crippen LogP contribution is -2.40. The highest BCUT2D eigenvalue weighted by Crippen LogP contribution is 2.17. The van der Waals surface area contributed by atoms with Crippen molar-refractivity contribution < 1.29 is 24.8 Å². The molecule has 1 fully saturated rings. The molecule has 1 rings (SSSR count). The molecule has 0 saturated carbocycles. The Morgan fingerprint density at radius 2 is 1.71 bits per heavy atom. The summed E-state index contributed by atoms with van der Waals surface area (Å²) in [7, 11) is 0. The zero-order valence-electron chi connectivity index (χ0n) is 15.1.